The van der Waals surface area contributed by atoms with Crippen molar-refractivity contribution in [3.05, 3.63) is 11.4 Å². The quantitative estimate of drug-likeness (QED) is 0.509. The van der Waals surface area contributed by atoms with Gasteiger partial charge in [-0.05, 0) is 0 Å². The minimum atomic E-state index is -3.13. The molecular formula is C3HClF3. The van der Waals surface area contributed by atoms with Crippen LogP contribution in [0.15, 0.2) is 5.83 Å². The Hall–Kier alpha value is -0.180. The highest BCUT2D eigenvalue weighted by atomic mass is 35.5. The minimum absolute atomic E-state index is 1.14. The van der Waals surface area contributed by atoms with Crippen molar-refractivity contribution in [3.8, 4) is 0 Å². The van der Waals surface area contributed by atoms with Crippen LogP contribution in [0.3, 0.4) is 0 Å². The molecule has 1 radical (unpaired) electrons. The van der Waals surface area contributed by atoms with Gasteiger partial charge in [-0.15, -0.1) is 0 Å². The van der Waals surface area contributed by atoms with Gasteiger partial charge in [-0.25, -0.2) is 13.2 Å². The van der Waals surface area contributed by atoms with E-state index in [2.05, 4.69) is 11.6 Å². The molecule has 0 aromatic heterocycles. The van der Waals surface area contributed by atoms with Crippen molar-refractivity contribution in [1.82, 2.24) is 0 Å². The van der Waals surface area contributed by atoms with E-state index in [1.165, 1.54) is 0 Å². The van der Waals surface area contributed by atoms with Gasteiger partial charge in [-0.1, -0.05) is 11.6 Å². The van der Waals surface area contributed by atoms with Crippen LogP contribution in [0.2, 0.25) is 0 Å². The lowest BCUT2D eigenvalue weighted by molar-refractivity contribution is 0.158. The molecule has 0 rings (SSSR count). The lowest BCUT2D eigenvalue weighted by Crippen LogP contribution is -1.87. The monoisotopic (exact) mass is 129 g/mol. The summed E-state index contributed by atoms with van der Waals surface area (Å²) in [5, 5.41) is 0. The molecule has 0 aromatic rings. The molecule has 0 aliphatic heterocycles. The van der Waals surface area contributed by atoms with E-state index in [1.807, 2.05) is 0 Å². The van der Waals surface area contributed by atoms with E-state index >= 15 is 0 Å². The van der Waals surface area contributed by atoms with E-state index in [0.717, 1.165) is 5.54 Å². The van der Waals surface area contributed by atoms with E-state index in [-0.39, 0.29) is 0 Å². The van der Waals surface area contributed by atoms with E-state index in [1.54, 1.807) is 0 Å². The van der Waals surface area contributed by atoms with Gasteiger partial charge in [0, 0.05) is 0 Å². The fourth-order valence-electron chi connectivity index (χ4n) is 0.0412. The molecule has 7 heavy (non-hydrogen) atoms. The van der Waals surface area contributed by atoms with Crippen molar-refractivity contribution in [2.45, 2.75) is 6.43 Å². The van der Waals surface area contributed by atoms with Gasteiger partial charge in [0.2, 0.25) is 0 Å². The zero-order valence-corrected chi connectivity index (χ0v) is 3.85. The van der Waals surface area contributed by atoms with Gasteiger partial charge in [0.05, 0.1) is 5.54 Å². The number of hydrogen-bond donors (Lipinski definition) is 0. The molecular weight excluding hydrogens is 128 g/mol. The van der Waals surface area contributed by atoms with Crippen molar-refractivity contribution < 1.29 is 13.2 Å². The lowest BCUT2D eigenvalue weighted by atomic mass is 10.6. The summed E-state index contributed by atoms with van der Waals surface area (Å²) in [4.78, 5) is 0. The fourth-order valence-corrected chi connectivity index (χ4v) is 0.124. The van der Waals surface area contributed by atoms with Gasteiger partial charge < -0.3 is 0 Å². The molecule has 0 heterocycles. The normalized spacial score (nSPS) is 13.0. The maximum absolute atomic E-state index is 11.2. The molecule has 0 amide bonds. The minimum Gasteiger partial charge on any atom is -0.204 e. The summed E-state index contributed by atoms with van der Waals surface area (Å²) in [6.07, 6.45) is -3.13. The molecule has 0 aliphatic carbocycles. The molecule has 0 fully saturated rings. The number of alkyl halides is 2. The van der Waals surface area contributed by atoms with Crippen LogP contribution in [0, 0.1) is 5.54 Å². The van der Waals surface area contributed by atoms with Crippen LogP contribution < -0.4 is 0 Å². The zero-order valence-electron chi connectivity index (χ0n) is 3.09. The van der Waals surface area contributed by atoms with E-state index in [4.69, 9.17) is 0 Å². The summed E-state index contributed by atoms with van der Waals surface area (Å²) in [7, 11) is 0. The van der Waals surface area contributed by atoms with Gasteiger partial charge in [0.1, 0.15) is 0 Å². The van der Waals surface area contributed by atoms with Crippen LogP contribution in [0.5, 0.6) is 0 Å². The second-order valence-corrected chi connectivity index (χ2v) is 0.932. The van der Waals surface area contributed by atoms with Gasteiger partial charge in [-0.3, -0.25) is 0 Å². The summed E-state index contributed by atoms with van der Waals surface area (Å²) in [5.41, 5.74) is 1.14. The Labute approximate surface area is 43.6 Å². The van der Waals surface area contributed by atoms with Crippen LogP contribution >= 0.6 is 11.6 Å². The van der Waals surface area contributed by atoms with Crippen molar-refractivity contribution in [2.75, 3.05) is 0 Å². The molecule has 4 heteroatoms. The summed E-state index contributed by atoms with van der Waals surface area (Å²) < 4.78 is 32.9. The second kappa shape index (κ2) is 2.91. The van der Waals surface area contributed by atoms with Crippen LogP contribution in [-0.2, 0) is 0 Å². The van der Waals surface area contributed by atoms with Crippen LogP contribution in [0.1, 0.15) is 0 Å². The predicted octanol–water partition coefficient (Wildman–Crippen LogP) is 2.10. The average molecular weight is 129 g/mol. The molecule has 0 N–H and O–H groups in total. The molecule has 0 saturated heterocycles. The summed E-state index contributed by atoms with van der Waals surface area (Å²) >= 11 is 4.40. The summed E-state index contributed by atoms with van der Waals surface area (Å²) in [5.74, 6) is -1.72. The van der Waals surface area contributed by atoms with Crippen LogP contribution in [0.25, 0.3) is 0 Å². The first-order chi connectivity index (χ1) is 3.18. The maximum atomic E-state index is 11.2. The third kappa shape index (κ3) is 2.51. The number of allylic oxidation sites excluding steroid dienone is 1. The molecule has 41 valence electrons. The topological polar surface area (TPSA) is 0 Å². The van der Waals surface area contributed by atoms with Gasteiger partial charge in [0.25, 0.3) is 6.43 Å². The van der Waals surface area contributed by atoms with Gasteiger partial charge in [0.15, 0.2) is 5.83 Å². The predicted molar refractivity (Wildman–Crippen MR) is 19.7 cm³/mol. The maximum Gasteiger partial charge on any atom is 0.291 e. The molecule has 0 spiro atoms. The Morgan fingerprint density at radius 1 is 1.57 bits per heavy atom. The van der Waals surface area contributed by atoms with E-state index in [0.29, 0.717) is 0 Å². The zero-order chi connectivity index (χ0) is 5.86. The second-order valence-electron chi connectivity index (χ2n) is 0.743. The Balaban J connectivity index is 3.56. The van der Waals surface area contributed by atoms with Crippen molar-refractivity contribution in [3.63, 3.8) is 0 Å². The number of hydrogen-bond acceptors (Lipinski definition) is 0. The highest BCUT2D eigenvalue weighted by Gasteiger charge is 2.07. The molecule has 0 saturated carbocycles. The molecule has 0 aliphatic rings. The van der Waals surface area contributed by atoms with Crippen molar-refractivity contribution in [2.24, 2.45) is 0 Å². The number of rotatable bonds is 1. The Morgan fingerprint density at radius 2 is 2.00 bits per heavy atom. The van der Waals surface area contributed by atoms with Crippen molar-refractivity contribution in [1.29, 1.82) is 0 Å². The molecule has 0 atom stereocenters. The lowest BCUT2D eigenvalue weighted by Gasteiger charge is -1.85. The highest BCUT2D eigenvalue weighted by molar-refractivity contribution is 6.22. The summed E-state index contributed by atoms with van der Waals surface area (Å²) in [6.45, 7) is 0. The molecule has 0 nitrogen and oxygen atoms in total. The fraction of sp³-hybridized carbons (Fsp3) is 0.333. The largest absolute Gasteiger partial charge is 0.291 e. The van der Waals surface area contributed by atoms with Gasteiger partial charge >= 0.3 is 0 Å². The smallest absolute Gasteiger partial charge is 0.204 e. The van der Waals surface area contributed by atoms with Gasteiger partial charge in [-0.2, -0.15) is 0 Å². The first kappa shape index (κ1) is 6.82. The Bertz CT molecular complexity index is 78.2. The van der Waals surface area contributed by atoms with Crippen molar-refractivity contribution >= 4 is 11.6 Å². The Kier molecular flexibility index (Phi) is 2.83. The van der Waals surface area contributed by atoms with Crippen LogP contribution in [0.4, 0.5) is 13.2 Å². The third-order valence-electron chi connectivity index (χ3n) is 0.282. The SMILES string of the molecule is F/C(=[C]\Cl)C(F)F. The highest BCUT2D eigenvalue weighted by Crippen LogP contribution is 2.08. The first-order valence-electron chi connectivity index (χ1n) is 1.35. The molecule has 0 unspecified atom stereocenters. The molecule has 0 bridgehead atoms. The first-order valence-corrected chi connectivity index (χ1v) is 1.73. The van der Waals surface area contributed by atoms with E-state index < -0.39 is 12.3 Å². The van der Waals surface area contributed by atoms with E-state index in [9.17, 15) is 13.2 Å². The van der Waals surface area contributed by atoms with Crippen LogP contribution in [-0.4, -0.2) is 6.43 Å². The molecule has 0 aromatic carbocycles. The summed E-state index contributed by atoms with van der Waals surface area (Å²) in [6, 6.07) is 0. The number of halogens is 4. The third-order valence-corrected chi connectivity index (χ3v) is 0.462. The standard InChI is InChI=1S/C3HClF3/c4-1-2(5)3(6)7/h3H. The Morgan fingerprint density at radius 3 is 2.00 bits per heavy atom. The average Bonchev–Trinajstić information content (AvgIpc) is 1.65.